The van der Waals surface area contributed by atoms with Crippen molar-refractivity contribution in [3.63, 3.8) is 0 Å². The molecule has 0 aliphatic heterocycles. The van der Waals surface area contributed by atoms with E-state index in [1.165, 1.54) is 0 Å². The molecule has 1 amide bonds. The molecule has 0 aliphatic rings. The second-order valence-electron chi connectivity index (χ2n) is 6.39. The van der Waals surface area contributed by atoms with Gasteiger partial charge in [-0.15, -0.1) is 0 Å². The van der Waals surface area contributed by atoms with Gasteiger partial charge in [0.1, 0.15) is 25.4 Å². The van der Waals surface area contributed by atoms with E-state index in [-0.39, 0.29) is 13.2 Å². The minimum absolute atomic E-state index is 0.0259. The first-order valence-electron chi connectivity index (χ1n) is 8.97. The van der Waals surface area contributed by atoms with Gasteiger partial charge >= 0.3 is 19.5 Å². The standard InChI is InChI=1S/C20H22NO8P/c22-18(14-30(25,26)27)21-17(20(24)29-13-16-9-5-2-6-10-16)11-19(23)28-12-15-7-3-1-4-8-15/h1-10,17H,11-14H2,(H,21,22)(H2,25,26,27)/t17-/m0/s1. The zero-order valence-electron chi connectivity index (χ0n) is 16.0. The number of hydrogen-bond acceptors (Lipinski definition) is 6. The van der Waals surface area contributed by atoms with E-state index in [0.29, 0.717) is 5.56 Å². The van der Waals surface area contributed by atoms with E-state index in [4.69, 9.17) is 19.3 Å². The maximum atomic E-state index is 12.4. The number of ether oxygens (including phenoxy) is 2. The number of nitrogens with one attached hydrogen (secondary N) is 1. The zero-order chi connectivity index (χ0) is 22.0. The lowest BCUT2D eigenvalue weighted by Crippen LogP contribution is -2.44. The van der Waals surface area contributed by atoms with Gasteiger partial charge in [0.05, 0.1) is 6.42 Å². The van der Waals surface area contributed by atoms with Gasteiger partial charge in [0.15, 0.2) is 0 Å². The molecule has 0 aliphatic carbocycles. The summed E-state index contributed by atoms with van der Waals surface area (Å²) in [4.78, 5) is 54.2. The summed E-state index contributed by atoms with van der Waals surface area (Å²) < 4.78 is 21.2. The number of carbonyl (C=O) groups excluding carboxylic acids is 3. The third kappa shape index (κ3) is 9.00. The van der Waals surface area contributed by atoms with Crippen molar-refractivity contribution in [1.82, 2.24) is 5.32 Å². The molecule has 0 saturated heterocycles. The van der Waals surface area contributed by atoms with Gasteiger partial charge in [-0.2, -0.15) is 0 Å². The Morgan fingerprint density at radius 2 is 1.37 bits per heavy atom. The van der Waals surface area contributed by atoms with Gasteiger partial charge in [-0.3, -0.25) is 14.2 Å². The topological polar surface area (TPSA) is 139 Å². The van der Waals surface area contributed by atoms with E-state index < -0.39 is 44.1 Å². The Balaban J connectivity index is 1.97. The first-order valence-corrected chi connectivity index (χ1v) is 10.8. The van der Waals surface area contributed by atoms with Crippen LogP contribution in [0.15, 0.2) is 60.7 Å². The summed E-state index contributed by atoms with van der Waals surface area (Å²) in [6, 6.07) is 16.2. The molecule has 3 N–H and O–H groups in total. The number of amides is 1. The molecule has 0 fully saturated rings. The van der Waals surface area contributed by atoms with Crippen LogP contribution in [0.1, 0.15) is 17.5 Å². The summed E-state index contributed by atoms with van der Waals surface area (Å²) >= 11 is 0. The van der Waals surface area contributed by atoms with E-state index in [1.54, 1.807) is 60.7 Å². The highest BCUT2D eigenvalue weighted by Crippen LogP contribution is 2.33. The Morgan fingerprint density at radius 1 is 0.867 bits per heavy atom. The Morgan fingerprint density at radius 3 is 1.87 bits per heavy atom. The fraction of sp³-hybridized carbons (Fsp3) is 0.250. The average molecular weight is 435 g/mol. The van der Waals surface area contributed by atoms with Crippen molar-refractivity contribution in [3.05, 3.63) is 71.8 Å². The van der Waals surface area contributed by atoms with Crippen LogP contribution in [-0.2, 0) is 41.6 Å². The lowest BCUT2D eigenvalue weighted by Gasteiger charge is -2.17. The van der Waals surface area contributed by atoms with Gasteiger partial charge in [-0.05, 0) is 11.1 Å². The predicted octanol–water partition coefficient (Wildman–Crippen LogP) is 1.53. The van der Waals surface area contributed by atoms with E-state index in [2.05, 4.69) is 5.32 Å². The fourth-order valence-electron chi connectivity index (χ4n) is 2.41. The van der Waals surface area contributed by atoms with Crippen molar-refractivity contribution in [3.8, 4) is 0 Å². The van der Waals surface area contributed by atoms with Crippen molar-refractivity contribution in [1.29, 1.82) is 0 Å². The molecular weight excluding hydrogens is 413 g/mol. The van der Waals surface area contributed by atoms with Gasteiger partial charge < -0.3 is 24.6 Å². The van der Waals surface area contributed by atoms with Crippen LogP contribution in [0.4, 0.5) is 0 Å². The highest BCUT2D eigenvalue weighted by atomic mass is 31.2. The molecule has 160 valence electrons. The zero-order valence-corrected chi connectivity index (χ0v) is 16.9. The molecular formula is C20H22NO8P. The normalized spacial score (nSPS) is 11.9. The van der Waals surface area contributed by atoms with E-state index in [0.717, 1.165) is 5.56 Å². The van der Waals surface area contributed by atoms with Crippen molar-refractivity contribution < 1.29 is 38.2 Å². The highest BCUT2D eigenvalue weighted by molar-refractivity contribution is 7.52. The largest absolute Gasteiger partial charge is 0.461 e. The van der Waals surface area contributed by atoms with Crippen molar-refractivity contribution in [2.24, 2.45) is 0 Å². The monoisotopic (exact) mass is 435 g/mol. The third-order valence-corrected chi connectivity index (χ3v) is 4.51. The molecule has 10 heteroatoms. The van der Waals surface area contributed by atoms with Crippen molar-refractivity contribution >= 4 is 25.4 Å². The molecule has 0 aromatic heterocycles. The van der Waals surface area contributed by atoms with Crippen molar-refractivity contribution in [2.75, 3.05) is 6.16 Å². The second-order valence-corrected chi connectivity index (χ2v) is 8.03. The number of benzene rings is 2. The van der Waals surface area contributed by atoms with E-state index in [9.17, 15) is 18.9 Å². The molecule has 0 saturated carbocycles. The lowest BCUT2D eigenvalue weighted by atomic mass is 10.2. The number of hydrogen-bond donors (Lipinski definition) is 3. The van der Waals surface area contributed by atoms with Gasteiger partial charge in [-0.1, -0.05) is 60.7 Å². The first-order chi connectivity index (χ1) is 14.2. The smallest absolute Gasteiger partial charge is 0.334 e. The molecule has 1 atom stereocenters. The Bertz CT molecular complexity index is 898. The fourth-order valence-corrected chi connectivity index (χ4v) is 2.88. The predicted molar refractivity (Wildman–Crippen MR) is 106 cm³/mol. The molecule has 2 rings (SSSR count). The number of carbonyl (C=O) groups is 3. The van der Waals surface area contributed by atoms with Crippen LogP contribution in [0.2, 0.25) is 0 Å². The molecule has 30 heavy (non-hydrogen) atoms. The van der Waals surface area contributed by atoms with Crippen LogP contribution in [0.5, 0.6) is 0 Å². The summed E-state index contributed by atoms with van der Waals surface area (Å²) in [6.07, 6.45) is -1.66. The minimum Gasteiger partial charge on any atom is -0.461 e. The van der Waals surface area contributed by atoms with Crippen LogP contribution in [0.3, 0.4) is 0 Å². The molecule has 0 spiro atoms. The Labute approximate surface area is 173 Å². The average Bonchev–Trinajstić information content (AvgIpc) is 2.70. The first kappa shape index (κ1) is 23.3. The summed E-state index contributed by atoms with van der Waals surface area (Å²) in [6.45, 7) is -0.120. The van der Waals surface area contributed by atoms with Gasteiger partial charge in [-0.25, -0.2) is 4.79 Å². The van der Waals surface area contributed by atoms with Crippen molar-refractivity contribution in [2.45, 2.75) is 25.7 Å². The SMILES string of the molecule is O=C(CP(=O)(O)O)N[C@@H](CC(=O)OCc1ccccc1)C(=O)OCc1ccccc1. The molecule has 0 bridgehead atoms. The summed E-state index contributed by atoms with van der Waals surface area (Å²) in [5.74, 6) is -2.78. The molecule has 0 heterocycles. The molecule has 2 aromatic rings. The van der Waals surface area contributed by atoms with Crippen LogP contribution < -0.4 is 5.32 Å². The van der Waals surface area contributed by atoms with Gasteiger partial charge in [0, 0.05) is 0 Å². The van der Waals surface area contributed by atoms with Crippen LogP contribution in [0, 0.1) is 0 Å². The summed E-state index contributed by atoms with van der Waals surface area (Å²) in [7, 11) is -4.64. The Kier molecular flexibility index (Phi) is 8.73. The van der Waals surface area contributed by atoms with Gasteiger partial charge in [0.2, 0.25) is 5.91 Å². The van der Waals surface area contributed by atoms with E-state index >= 15 is 0 Å². The number of rotatable bonds is 10. The molecule has 9 nitrogen and oxygen atoms in total. The maximum absolute atomic E-state index is 12.4. The van der Waals surface area contributed by atoms with Crippen LogP contribution in [-0.4, -0.2) is 39.8 Å². The van der Waals surface area contributed by atoms with Crippen LogP contribution >= 0.6 is 7.60 Å². The third-order valence-electron chi connectivity index (χ3n) is 3.81. The number of esters is 2. The summed E-state index contributed by atoms with van der Waals surface area (Å²) in [5.41, 5.74) is 1.43. The minimum atomic E-state index is -4.64. The molecule has 2 aromatic carbocycles. The van der Waals surface area contributed by atoms with Gasteiger partial charge in [0.25, 0.3) is 0 Å². The molecule has 0 unspecified atom stereocenters. The maximum Gasteiger partial charge on any atom is 0.334 e. The summed E-state index contributed by atoms with van der Waals surface area (Å²) in [5, 5.41) is 2.13. The van der Waals surface area contributed by atoms with Crippen LogP contribution in [0.25, 0.3) is 0 Å². The molecule has 0 radical (unpaired) electrons. The highest BCUT2D eigenvalue weighted by Gasteiger charge is 2.29. The second kappa shape index (κ2) is 11.3. The Hall–Kier alpha value is -3.00. The quantitative estimate of drug-likeness (QED) is 0.377. The van der Waals surface area contributed by atoms with E-state index in [1.807, 2.05) is 0 Å². The lowest BCUT2D eigenvalue weighted by molar-refractivity contribution is -0.155.